The van der Waals surface area contributed by atoms with Crippen LogP contribution in [-0.2, 0) is 9.59 Å². The number of hydrogen-bond acceptors (Lipinski definition) is 7. The highest BCUT2D eigenvalue weighted by molar-refractivity contribution is 8.18. The first kappa shape index (κ1) is 16.7. The molecule has 0 saturated carbocycles. The first-order valence-electron chi connectivity index (χ1n) is 6.29. The first-order chi connectivity index (χ1) is 10.9. The smallest absolute Gasteiger partial charge is 0.323 e. The number of hydrogen-bond donors (Lipinski definition) is 2. The van der Waals surface area contributed by atoms with Crippen molar-refractivity contribution in [3.63, 3.8) is 0 Å². The maximum Gasteiger partial charge on any atom is 0.323 e. The van der Waals surface area contributed by atoms with Crippen LogP contribution in [0.4, 0.5) is 4.79 Å². The lowest BCUT2D eigenvalue weighted by atomic mass is 10.1. The monoisotopic (exact) mass is 339 g/mol. The Morgan fingerprint density at radius 1 is 1.26 bits per heavy atom. The van der Waals surface area contributed by atoms with Gasteiger partial charge in [-0.15, -0.1) is 0 Å². The third kappa shape index (κ3) is 3.39. The fraction of sp³-hybridized carbons (Fsp3) is 0.214. The highest BCUT2D eigenvalue weighted by Gasteiger charge is 2.36. The zero-order valence-corrected chi connectivity index (χ0v) is 13.0. The Kier molecular flexibility index (Phi) is 4.80. The molecule has 2 rings (SSSR count). The van der Waals surface area contributed by atoms with Crippen LogP contribution < -0.4 is 9.47 Å². The van der Waals surface area contributed by atoms with Crippen molar-refractivity contribution in [2.75, 3.05) is 20.8 Å². The third-order valence-corrected chi connectivity index (χ3v) is 3.87. The molecule has 23 heavy (non-hydrogen) atoms. The number of carboxylic acid groups (broad SMARTS) is 1. The van der Waals surface area contributed by atoms with Gasteiger partial charge in [-0.2, -0.15) is 0 Å². The summed E-state index contributed by atoms with van der Waals surface area (Å²) in [5, 5.41) is 17.9. The number of carbonyl (C=O) groups excluding carboxylic acids is 2. The number of nitrogens with zero attached hydrogens (tertiary/aromatic N) is 1. The van der Waals surface area contributed by atoms with E-state index in [1.807, 2.05) is 0 Å². The molecule has 1 aromatic rings. The number of phenolic OH excluding ortho intramolecular Hbond substituents is 1. The van der Waals surface area contributed by atoms with Crippen LogP contribution >= 0.6 is 11.8 Å². The summed E-state index contributed by atoms with van der Waals surface area (Å²) in [6, 6.07) is 2.92. The van der Waals surface area contributed by atoms with E-state index in [0.29, 0.717) is 22.2 Å². The standard InChI is InChI=1S/C14H13NO7S/c1-21-8-3-7(4-9(22-2)12(8)18)5-10-13(19)15(6-11(16)17)14(20)23-10/h3-5,18H,6H2,1-2H3,(H,16,17)/b10-5-. The van der Waals surface area contributed by atoms with Gasteiger partial charge in [0.05, 0.1) is 19.1 Å². The molecule has 9 heteroatoms. The van der Waals surface area contributed by atoms with E-state index < -0.39 is 23.7 Å². The molecular formula is C14H13NO7S. The molecule has 1 aliphatic heterocycles. The molecule has 0 unspecified atom stereocenters. The molecular weight excluding hydrogens is 326 g/mol. The second-order valence-corrected chi connectivity index (χ2v) is 5.43. The van der Waals surface area contributed by atoms with E-state index in [2.05, 4.69) is 0 Å². The molecule has 0 aromatic heterocycles. The lowest BCUT2D eigenvalue weighted by Gasteiger charge is -2.10. The average molecular weight is 339 g/mol. The number of imide groups is 1. The van der Waals surface area contributed by atoms with Gasteiger partial charge in [-0.25, -0.2) is 0 Å². The molecule has 1 fully saturated rings. The summed E-state index contributed by atoms with van der Waals surface area (Å²) >= 11 is 0.641. The molecule has 2 N–H and O–H groups in total. The molecule has 1 aliphatic rings. The Morgan fingerprint density at radius 3 is 2.30 bits per heavy atom. The van der Waals surface area contributed by atoms with Crippen LogP contribution in [-0.4, -0.2) is 53.0 Å². The van der Waals surface area contributed by atoms with Gasteiger partial charge in [0.1, 0.15) is 6.54 Å². The van der Waals surface area contributed by atoms with Crippen molar-refractivity contribution < 1.29 is 34.1 Å². The molecule has 0 atom stereocenters. The van der Waals surface area contributed by atoms with E-state index in [1.165, 1.54) is 32.4 Å². The van der Waals surface area contributed by atoms with Crippen LogP contribution in [0.5, 0.6) is 17.2 Å². The molecule has 8 nitrogen and oxygen atoms in total. The minimum atomic E-state index is -1.28. The minimum absolute atomic E-state index is 0.0750. The molecule has 0 aliphatic carbocycles. The number of rotatable bonds is 5. The largest absolute Gasteiger partial charge is 0.502 e. The molecule has 1 aromatic carbocycles. The van der Waals surface area contributed by atoms with Crippen LogP contribution in [0.1, 0.15) is 5.56 Å². The highest BCUT2D eigenvalue weighted by Crippen LogP contribution is 2.39. The van der Waals surface area contributed by atoms with Crippen LogP contribution in [0, 0.1) is 0 Å². The van der Waals surface area contributed by atoms with Crippen LogP contribution in [0.25, 0.3) is 6.08 Å². The Morgan fingerprint density at radius 2 is 1.83 bits per heavy atom. The molecule has 1 saturated heterocycles. The fourth-order valence-electron chi connectivity index (χ4n) is 1.92. The second kappa shape index (κ2) is 6.61. The molecule has 0 radical (unpaired) electrons. The Balaban J connectivity index is 2.37. The molecule has 0 bridgehead atoms. The summed E-state index contributed by atoms with van der Waals surface area (Å²) in [5.41, 5.74) is 0.456. The summed E-state index contributed by atoms with van der Waals surface area (Å²) in [7, 11) is 2.72. The fourth-order valence-corrected chi connectivity index (χ4v) is 2.76. The summed E-state index contributed by atoms with van der Waals surface area (Å²) < 4.78 is 10.0. The van der Waals surface area contributed by atoms with Gasteiger partial charge in [0, 0.05) is 0 Å². The number of amides is 2. The number of phenols is 1. The van der Waals surface area contributed by atoms with Crippen molar-refractivity contribution in [1.29, 1.82) is 0 Å². The Bertz CT molecular complexity index is 688. The Labute approximate surface area is 135 Å². The average Bonchev–Trinajstić information content (AvgIpc) is 2.76. The predicted molar refractivity (Wildman–Crippen MR) is 81.5 cm³/mol. The molecule has 2 amide bonds. The second-order valence-electron chi connectivity index (χ2n) is 4.44. The highest BCUT2D eigenvalue weighted by atomic mass is 32.2. The number of thioether (sulfide) groups is 1. The number of benzene rings is 1. The minimum Gasteiger partial charge on any atom is -0.502 e. The van der Waals surface area contributed by atoms with Gasteiger partial charge in [0.2, 0.25) is 5.75 Å². The summed E-state index contributed by atoms with van der Waals surface area (Å²) in [4.78, 5) is 35.2. The van der Waals surface area contributed by atoms with E-state index in [0.717, 1.165) is 0 Å². The van der Waals surface area contributed by atoms with Crippen molar-refractivity contribution in [2.45, 2.75) is 0 Å². The maximum absolute atomic E-state index is 12.1. The SMILES string of the molecule is COc1cc(/C=C2\SC(=O)N(CC(=O)O)C2=O)cc(OC)c1O. The van der Waals surface area contributed by atoms with Crippen molar-refractivity contribution in [3.05, 3.63) is 22.6 Å². The van der Waals surface area contributed by atoms with Crippen molar-refractivity contribution >= 4 is 35.0 Å². The number of aliphatic carboxylic acids is 1. The predicted octanol–water partition coefficient (Wildman–Crippen LogP) is 1.53. The van der Waals surface area contributed by atoms with Gasteiger partial charge < -0.3 is 19.7 Å². The quantitative estimate of drug-likeness (QED) is 0.777. The van der Waals surface area contributed by atoms with E-state index >= 15 is 0 Å². The van der Waals surface area contributed by atoms with Crippen LogP contribution in [0.2, 0.25) is 0 Å². The maximum atomic E-state index is 12.1. The van der Waals surface area contributed by atoms with Gasteiger partial charge in [-0.3, -0.25) is 19.3 Å². The van der Waals surface area contributed by atoms with E-state index in [1.54, 1.807) is 0 Å². The van der Waals surface area contributed by atoms with Crippen LogP contribution in [0.3, 0.4) is 0 Å². The van der Waals surface area contributed by atoms with E-state index in [9.17, 15) is 19.5 Å². The van der Waals surface area contributed by atoms with Crippen molar-refractivity contribution in [3.8, 4) is 17.2 Å². The Hall–Kier alpha value is -2.68. The lowest BCUT2D eigenvalue weighted by Crippen LogP contribution is -2.33. The molecule has 1 heterocycles. The normalized spacial score (nSPS) is 16.1. The van der Waals surface area contributed by atoms with Gasteiger partial charge >= 0.3 is 5.97 Å². The number of methoxy groups -OCH3 is 2. The number of ether oxygens (including phenoxy) is 2. The van der Waals surface area contributed by atoms with E-state index in [4.69, 9.17) is 14.6 Å². The lowest BCUT2D eigenvalue weighted by molar-refractivity contribution is -0.140. The summed E-state index contributed by atoms with van der Waals surface area (Å²) in [5.74, 6) is -1.87. The zero-order chi connectivity index (χ0) is 17.1. The topological polar surface area (TPSA) is 113 Å². The van der Waals surface area contributed by atoms with Gasteiger partial charge in [-0.05, 0) is 35.5 Å². The summed E-state index contributed by atoms with van der Waals surface area (Å²) in [6.45, 7) is -0.690. The summed E-state index contributed by atoms with van der Waals surface area (Å²) in [6.07, 6.45) is 1.40. The van der Waals surface area contributed by atoms with E-state index in [-0.39, 0.29) is 22.2 Å². The van der Waals surface area contributed by atoms with Crippen molar-refractivity contribution in [1.82, 2.24) is 4.90 Å². The number of aromatic hydroxyl groups is 1. The van der Waals surface area contributed by atoms with Crippen LogP contribution in [0.15, 0.2) is 17.0 Å². The third-order valence-electron chi connectivity index (χ3n) is 2.97. The van der Waals surface area contributed by atoms with Gasteiger partial charge in [0.25, 0.3) is 11.1 Å². The zero-order valence-electron chi connectivity index (χ0n) is 12.2. The first-order valence-corrected chi connectivity index (χ1v) is 7.11. The van der Waals surface area contributed by atoms with Gasteiger partial charge in [-0.1, -0.05) is 0 Å². The molecule has 0 spiro atoms. The number of carbonyl (C=O) groups is 3. The molecule has 122 valence electrons. The van der Waals surface area contributed by atoms with Crippen molar-refractivity contribution in [2.24, 2.45) is 0 Å². The number of carboxylic acids is 1. The van der Waals surface area contributed by atoms with Gasteiger partial charge in [0.15, 0.2) is 11.5 Å².